The number of nitrogens with zero attached hydrogens (tertiary/aromatic N) is 1. The van der Waals surface area contributed by atoms with E-state index in [-0.39, 0.29) is 17.5 Å². The van der Waals surface area contributed by atoms with Crippen LogP contribution >= 0.6 is 11.6 Å². The van der Waals surface area contributed by atoms with Crippen molar-refractivity contribution in [2.75, 3.05) is 12.3 Å². The molecule has 1 heterocycles. The van der Waals surface area contributed by atoms with E-state index in [4.69, 9.17) is 23.1 Å². The number of Topliss-reactive ketones (excluding diaryl/α,β-unsaturated/α-hetero) is 1. The Morgan fingerprint density at radius 1 is 1.67 bits per heavy atom. The van der Waals surface area contributed by atoms with Gasteiger partial charge in [-0.15, -0.1) is 0 Å². The van der Waals surface area contributed by atoms with Gasteiger partial charge in [0.15, 0.2) is 5.78 Å². The third-order valence-corrected chi connectivity index (χ3v) is 2.51. The molecule has 0 aromatic carbocycles. The molecule has 0 bridgehead atoms. The van der Waals surface area contributed by atoms with Crippen molar-refractivity contribution in [3.05, 3.63) is 22.8 Å². The van der Waals surface area contributed by atoms with E-state index in [2.05, 4.69) is 4.98 Å². The highest BCUT2D eigenvalue weighted by Gasteiger charge is 2.19. The first-order chi connectivity index (χ1) is 7.10. The summed E-state index contributed by atoms with van der Waals surface area (Å²) in [6, 6.07) is 1.53. The lowest BCUT2D eigenvalue weighted by atomic mass is 9.96. The number of nitrogens with two attached hydrogens (primary N) is 2. The minimum atomic E-state index is -0.215. The minimum Gasteiger partial charge on any atom is -0.383 e. The molecule has 0 amide bonds. The minimum absolute atomic E-state index is 0.0903. The maximum atomic E-state index is 11.9. The van der Waals surface area contributed by atoms with Crippen molar-refractivity contribution >= 4 is 23.2 Å². The summed E-state index contributed by atoms with van der Waals surface area (Å²) in [7, 11) is 0. The summed E-state index contributed by atoms with van der Waals surface area (Å²) in [6.07, 6.45) is 2.10. The Labute approximate surface area is 93.6 Å². The molecule has 1 aromatic rings. The molecule has 1 aromatic heterocycles. The van der Waals surface area contributed by atoms with E-state index in [0.29, 0.717) is 23.6 Å². The molecule has 0 spiro atoms. The number of carbonyl (C=O) groups excluding carboxylic acids is 1. The molecule has 1 atom stereocenters. The molecular formula is C10H14ClN3O. The molecule has 1 unspecified atom stereocenters. The zero-order valence-electron chi connectivity index (χ0n) is 8.53. The Balaban J connectivity index is 3.04. The summed E-state index contributed by atoms with van der Waals surface area (Å²) < 4.78 is 0. The maximum Gasteiger partial charge on any atom is 0.170 e. The SMILES string of the molecule is CCC(CN)C(=O)c1cc(Cl)cnc1N. The lowest BCUT2D eigenvalue weighted by Crippen LogP contribution is -2.24. The Morgan fingerprint density at radius 3 is 2.87 bits per heavy atom. The van der Waals surface area contributed by atoms with Gasteiger partial charge < -0.3 is 11.5 Å². The average molecular weight is 228 g/mol. The van der Waals surface area contributed by atoms with Crippen molar-refractivity contribution in [2.45, 2.75) is 13.3 Å². The Hall–Kier alpha value is -1.13. The second-order valence-electron chi connectivity index (χ2n) is 3.29. The van der Waals surface area contributed by atoms with Gasteiger partial charge in [-0.3, -0.25) is 4.79 Å². The summed E-state index contributed by atoms with van der Waals surface area (Å²) in [5.41, 5.74) is 11.5. The van der Waals surface area contributed by atoms with Crippen LogP contribution in [0.3, 0.4) is 0 Å². The van der Waals surface area contributed by atoms with Crippen molar-refractivity contribution in [3.63, 3.8) is 0 Å². The van der Waals surface area contributed by atoms with Crippen LogP contribution in [-0.2, 0) is 0 Å². The van der Waals surface area contributed by atoms with E-state index in [1.165, 1.54) is 12.3 Å². The third kappa shape index (κ3) is 2.67. The lowest BCUT2D eigenvalue weighted by molar-refractivity contribution is 0.0922. The van der Waals surface area contributed by atoms with Crippen LogP contribution in [0.25, 0.3) is 0 Å². The number of hydrogen-bond donors (Lipinski definition) is 2. The van der Waals surface area contributed by atoms with Crippen LogP contribution in [0.2, 0.25) is 5.02 Å². The fraction of sp³-hybridized carbons (Fsp3) is 0.400. The first kappa shape index (κ1) is 11.9. The lowest BCUT2D eigenvalue weighted by Gasteiger charge is -2.12. The van der Waals surface area contributed by atoms with Crippen LogP contribution in [0.4, 0.5) is 5.82 Å². The molecule has 0 aliphatic rings. The topological polar surface area (TPSA) is 82.0 Å². The van der Waals surface area contributed by atoms with Crippen LogP contribution < -0.4 is 11.5 Å². The highest BCUT2D eigenvalue weighted by atomic mass is 35.5. The Kier molecular flexibility index (Phi) is 4.05. The zero-order valence-corrected chi connectivity index (χ0v) is 9.29. The van der Waals surface area contributed by atoms with Gasteiger partial charge in [0.2, 0.25) is 0 Å². The normalized spacial score (nSPS) is 12.5. The summed E-state index contributed by atoms with van der Waals surface area (Å²) >= 11 is 5.75. The number of anilines is 1. The Morgan fingerprint density at radius 2 is 2.33 bits per heavy atom. The monoisotopic (exact) mass is 227 g/mol. The van der Waals surface area contributed by atoms with Gasteiger partial charge in [-0.2, -0.15) is 0 Å². The number of halogens is 1. The molecule has 0 radical (unpaired) electrons. The summed E-state index contributed by atoms with van der Waals surface area (Å²) in [5, 5.41) is 0.402. The van der Waals surface area contributed by atoms with Crippen molar-refractivity contribution in [1.82, 2.24) is 4.98 Å². The first-order valence-corrected chi connectivity index (χ1v) is 5.13. The molecule has 0 aliphatic carbocycles. The van der Waals surface area contributed by atoms with Gasteiger partial charge in [-0.05, 0) is 12.5 Å². The molecule has 0 saturated heterocycles. The van der Waals surface area contributed by atoms with Gasteiger partial charge in [0.05, 0.1) is 10.6 Å². The van der Waals surface area contributed by atoms with Crippen molar-refractivity contribution in [3.8, 4) is 0 Å². The molecule has 4 nitrogen and oxygen atoms in total. The van der Waals surface area contributed by atoms with E-state index in [1.54, 1.807) is 0 Å². The van der Waals surface area contributed by atoms with Crippen LogP contribution in [0, 0.1) is 5.92 Å². The molecule has 15 heavy (non-hydrogen) atoms. The molecule has 82 valence electrons. The Bertz CT molecular complexity index is 364. The highest BCUT2D eigenvalue weighted by Crippen LogP contribution is 2.19. The zero-order chi connectivity index (χ0) is 11.4. The fourth-order valence-electron chi connectivity index (χ4n) is 1.33. The second kappa shape index (κ2) is 5.09. The van der Waals surface area contributed by atoms with Gasteiger partial charge in [-0.25, -0.2) is 4.98 Å². The van der Waals surface area contributed by atoms with E-state index >= 15 is 0 Å². The van der Waals surface area contributed by atoms with Crippen molar-refractivity contribution in [1.29, 1.82) is 0 Å². The van der Waals surface area contributed by atoms with Gasteiger partial charge in [0, 0.05) is 18.7 Å². The van der Waals surface area contributed by atoms with Gasteiger partial charge in [0.25, 0.3) is 0 Å². The first-order valence-electron chi connectivity index (χ1n) is 4.75. The smallest absolute Gasteiger partial charge is 0.170 e. The number of nitrogen functional groups attached to an aromatic ring is 1. The van der Waals surface area contributed by atoms with E-state index < -0.39 is 0 Å². The average Bonchev–Trinajstić information content (AvgIpc) is 2.23. The molecule has 0 aliphatic heterocycles. The number of aromatic nitrogens is 1. The fourth-order valence-corrected chi connectivity index (χ4v) is 1.48. The van der Waals surface area contributed by atoms with Crippen LogP contribution in [-0.4, -0.2) is 17.3 Å². The number of rotatable bonds is 4. The predicted octanol–water partition coefficient (Wildman–Crippen LogP) is 1.48. The molecular weight excluding hydrogens is 214 g/mol. The van der Waals surface area contributed by atoms with Crippen LogP contribution in [0.1, 0.15) is 23.7 Å². The number of carbonyl (C=O) groups is 1. The van der Waals surface area contributed by atoms with Crippen molar-refractivity contribution < 1.29 is 4.79 Å². The molecule has 4 N–H and O–H groups in total. The highest BCUT2D eigenvalue weighted by molar-refractivity contribution is 6.31. The van der Waals surface area contributed by atoms with Gasteiger partial charge in [-0.1, -0.05) is 18.5 Å². The summed E-state index contributed by atoms with van der Waals surface area (Å²) in [5.74, 6) is -0.101. The van der Waals surface area contributed by atoms with Crippen LogP contribution in [0.5, 0.6) is 0 Å². The summed E-state index contributed by atoms with van der Waals surface area (Å²) in [4.78, 5) is 15.8. The molecule has 1 rings (SSSR count). The maximum absolute atomic E-state index is 11.9. The predicted molar refractivity (Wildman–Crippen MR) is 60.8 cm³/mol. The standard InChI is InChI=1S/C10H14ClN3O/c1-2-6(4-12)9(15)8-3-7(11)5-14-10(8)13/h3,5-6H,2,4,12H2,1H3,(H2,13,14). The van der Waals surface area contributed by atoms with E-state index in [1.807, 2.05) is 6.92 Å². The molecule has 0 saturated carbocycles. The molecule has 5 heteroatoms. The summed E-state index contributed by atoms with van der Waals surface area (Å²) in [6.45, 7) is 2.21. The third-order valence-electron chi connectivity index (χ3n) is 2.30. The number of hydrogen-bond acceptors (Lipinski definition) is 4. The number of pyridine rings is 1. The largest absolute Gasteiger partial charge is 0.383 e. The van der Waals surface area contributed by atoms with Gasteiger partial charge in [0.1, 0.15) is 5.82 Å². The van der Waals surface area contributed by atoms with E-state index in [9.17, 15) is 4.79 Å². The van der Waals surface area contributed by atoms with Crippen molar-refractivity contribution in [2.24, 2.45) is 11.7 Å². The molecule has 0 fully saturated rings. The van der Waals surface area contributed by atoms with Crippen LogP contribution in [0.15, 0.2) is 12.3 Å². The van der Waals surface area contributed by atoms with Gasteiger partial charge >= 0.3 is 0 Å². The van der Waals surface area contributed by atoms with E-state index in [0.717, 1.165) is 0 Å². The number of ketones is 1. The second-order valence-corrected chi connectivity index (χ2v) is 3.73. The quantitative estimate of drug-likeness (QED) is 0.764.